The van der Waals surface area contributed by atoms with E-state index in [-0.39, 0.29) is 5.91 Å². The smallest absolute Gasteiger partial charge is 0.251 e. The fraction of sp³-hybridized carbons (Fsp3) is 0.200. The highest BCUT2D eigenvalue weighted by atomic mass is 32.1. The molecule has 26 heavy (non-hydrogen) atoms. The van der Waals surface area contributed by atoms with Crippen LogP contribution in [0.15, 0.2) is 49.1 Å². The summed E-state index contributed by atoms with van der Waals surface area (Å²) in [6.07, 6.45) is 2.35. The summed E-state index contributed by atoms with van der Waals surface area (Å²) in [5.41, 5.74) is 2.31. The molecule has 5 nitrogen and oxygen atoms in total. The number of fused-ring (bicyclic) bond motifs is 1. The van der Waals surface area contributed by atoms with Crippen LogP contribution in [-0.4, -0.2) is 25.1 Å². The van der Waals surface area contributed by atoms with Gasteiger partial charge in [0.05, 0.1) is 31.0 Å². The summed E-state index contributed by atoms with van der Waals surface area (Å²) in [6.45, 7) is 4.13. The number of aromatic nitrogens is 1. The third-order valence-corrected chi connectivity index (χ3v) is 4.96. The molecule has 0 saturated heterocycles. The molecule has 0 fully saturated rings. The van der Waals surface area contributed by atoms with Crippen molar-refractivity contribution in [2.45, 2.75) is 13.0 Å². The number of carbonyl (C=O) groups excluding carboxylic acids is 1. The minimum Gasteiger partial charge on any atom is -0.493 e. The molecule has 0 aliphatic heterocycles. The Bertz CT molecular complexity index is 916. The summed E-state index contributed by atoms with van der Waals surface area (Å²) in [7, 11) is 3.13. The van der Waals surface area contributed by atoms with Crippen molar-refractivity contribution in [3.05, 3.63) is 65.2 Å². The second kappa shape index (κ2) is 8.01. The Kier molecular flexibility index (Phi) is 5.53. The van der Waals surface area contributed by atoms with Crippen LogP contribution in [0.3, 0.4) is 0 Å². The van der Waals surface area contributed by atoms with E-state index in [0.29, 0.717) is 30.0 Å². The molecule has 0 radical (unpaired) electrons. The Balaban J connectivity index is 1.80. The number of thiazole rings is 1. The maximum absolute atomic E-state index is 12.6. The zero-order valence-corrected chi connectivity index (χ0v) is 15.6. The van der Waals surface area contributed by atoms with Gasteiger partial charge in [0.25, 0.3) is 5.91 Å². The van der Waals surface area contributed by atoms with Gasteiger partial charge in [-0.15, -0.1) is 17.9 Å². The number of hydrogen-bond donors (Lipinski definition) is 1. The third-order valence-electron chi connectivity index (χ3n) is 3.92. The quantitative estimate of drug-likeness (QED) is 0.641. The van der Waals surface area contributed by atoms with Crippen LogP contribution in [0.4, 0.5) is 0 Å². The number of methoxy groups -OCH3 is 2. The Morgan fingerprint density at radius 2 is 2.08 bits per heavy atom. The van der Waals surface area contributed by atoms with E-state index in [1.165, 1.54) is 0 Å². The summed E-state index contributed by atoms with van der Waals surface area (Å²) in [5.74, 6) is 0.961. The number of hydrogen-bond acceptors (Lipinski definition) is 5. The molecule has 0 bridgehead atoms. The van der Waals surface area contributed by atoms with E-state index in [4.69, 9.17) is 9.47 Å². The minimum absolute atomic E-state index is 0.185. The molecule has 0 spiro atoms. The number of carbonyl (C=O) groups is 1. The fourth-order valence-electron chi connectivity index (χ4n) is 2.73. The Labute approximate surface area is 156 Å². The lowest BCUT2D eigenvalue weighted by molar-refractivity contribution is 0.0950. The van der Waals surface area contributed by atoms with E-state index >= 15 is 0 Å². The van der Waals surface area contributed by atoms with Crippen molar-refractivity contribution >= 4 is 27.5 Å². The van der Waals surface area contributed by atoms with Crippen molar-refractivity contribution in [1.29, 1.82) is 0 Å². The number of ether oxygens (including phenoxy) is 2. The van der Waals surface area contributed by atoms with Gasteiger partial charge < -0.3 is 14.8 Å². The van der Waals surface area contributed by atoms with Gasteiger partial charge in [-0.3, -0.25) is 4.79 Å². The first-order valence-electron chi connectivity index (χ1n) is 8.14. The van der Waals surface area contributed by atoms with Crippen LogP contribution in [0.5, 0.6) is 11.5 Å². The normalized spacial score (nSPS) is 10.5. The maximum atomic E-state index is 12.6. The van der Waals surface area contributed by atoms with Gasteiger partial charge in [-0.1, -0.05) is 18.2 Å². The highest BCUT2D eigenvalue weighted by Crippen LogP contribution is 2.33. The van der Waals surface area contributed by atoms with E-state index in [0.717, 1.165) is 20.8 Å². The van der Waals surface area contributed by atoms with Crippen molar-refractivity contribution in [3.63, 3.8) is 0 Å². The molecule has 1 amide bonds. The predicted octanol–water partition coefficient (Wildman–Crippen LogP) is 3.97. The van der Waals surface area contributed by atoms with Crippen LogP contribution in [0.25, 0.3) is 10.2 Å². The highest BCUT2D eigenvalue weighted by molar-refractivity contribution is 7.18. The average Bonchev–Trinajstić information content (AvgIpc) is 3.08. The number of nitrogens with zero attached hydrogens (tertiary/aromatic N) is 1. The molecule has 2 aromatic carbocycles. The fourth-order valence-corrected chi connectivity index (χ4v) is 3.64. The van der Waals surface area contributed by atoms with Crippen LogP contribution < -0.4 is 14.8 Å². The van der Waals surface area contributed by atoms with Crippen LogP contribution in [0, 0.1) is 0 Å². The summed E-state index contributed by atoms with van der Waals surface area (Å²) in [5, 5.41) is 3.79. The van der Waals surface area contributed by atoms with Crippen molar-refractivity contribution < 1.29 is 14.3 Å². The lowest BCUT2D eigenvalue weighted by Crippen LogP contribution is -2.23. The largest absolute Gasteiger partial charge is 0.493 e. The Morgan fingerprint density at radius 1 is 1.27 bits per heavy atom. The van der Waals surface area contributed by atoms with E-state index in [1.807, 2.05) is 24.3 Å². The Morgan fingerprint density at radius 3 is 2.77 bits per heavy atom. The van der Waals surface area contributed by atoms with Gasteiger partial charge >= 0.3 is 0 Å². The SMILES string of the molecule is C=CCc1cc(C(=O)NCc2nc3ccccc3s2)cc(OC)c1OC. The lowest BCUT2D eigenvalue weighted by Gasteiger charge is -2.14. The van der Waals surface area contributed by atoms with Crippen molar-refractivity contribution in [2.75, 3.05) is 14.2 Å². The number of rotatable bonds is 7. The molecule has 0 saturated carbocycles. The standard InChI is InChI=1S/C20H20N2O3S/c1-4-7-13-10-14(11-16(24-2)19(13)25-3)20(23)21-12-18-22-15-8-5-6-9-17(15)26-18/h4-6,8-11H,1,7,12H2,2-3H3,(H,21,23). The van der Waals surface area contributed by atoms with Crippen molar-refractivity contribution in [2.24, 2.45) is 0 Å². The first kappa shape index (κ1) is 17.9. The van der Waals surface area contributed by atoms with Crippen LogP contribution in [0.1, 0.15) is 20.9 Å². The molecule has 3 rings (SSSR count). The van der Waals surface area contributed by atoms with Gasteiger partial charge in [0, 0.05) is 11.1 Å². The van der Waals surface area contributed by atoms with E-state index in [2.05, 4.69) is 16.9 Å². The second-order valence-corrected chi connectivity index (χ2v) is 6.74. The summed E-state index contributed by atoms with van der Waals surface area (Å²) >= 11 is 1.58. The lowest BCUT2D eigenvalue weighted by atomic mass is 10.0. The zero-order valence-electron chi connectivity index (χ0n) is 14.7. The topological polar surface area (TPSA) is 60.5 Å². The second-order valence-electron chi connectivity index (χ2n) is 5.62. The number of allylic oxidation sites excluding steroid dienone is 1. The zero-order chi connectivity index (χ0) is 18.5. The molecule has 1 N–H and O–H groups in total. The first-order valence-corrected chi connectivity index (χ1v) is 8.96. The number of benzene rings is 2. The third kappa shape index (κ3) is 3.70. The van der Waals surface area contributed by atoms with Gasteiger partial charge in [0.1, 0.15) is 5.01 Å². The summed E-state index contributed by atoms with van der Waals surface area (Å²) in [6, 6.07) is 11.4. The first-order chi connectivity index (χ1) is 12.7. The van der Waals surface area contributed by atoms with Gasteiger partial charge in [-0.25, -0.2) is 4.98 Å². The number of amides is 1. The summed E-state index contributed by atoms with van der Waals surface area (Å²) < 4.78 is 11.9. The highest BCUT2D eigenvalue weighted by Gasteiger charge is 2.16. The van der Waals surface area contributed by atoms with E-state index in [9.17, 15) is 4.79 Å². The van der Waals surface area contributed by atoms with Crippen molar-refractivity contribution in [1.82, 2.24) is 10.3 Å². The van der Waals surface area contributed by atoms with E-state index in [1.54, 1.807) is 43.8 Å². The number of para-hydroxylation sites is 1. The molecule has 0 atom stereocenters. The molecule has 0 aliphatic rings. The average molecular weight is 368 g/mol. The predicted molar refractivity (Wildman–Crippen MR) is 104 cm³/mol. The van der Waals surface area contributed by atoms with Gasteiger partial charge in [-0.05, 0) is 30.7 Å². The maximum Gasteiger partial charge on any atom is 0.251 e. The minimum atomic E-state index is -0.185. The molecule has 1 aromatic heterocycles. The molecule has 1 heterocycles. The molecule has 3 aromatic rings. The van der Waals surface area contributed by atoms with Gasteiger partial charge in [-0.2, -0.15) is 0 Å². The van der Waals surface area contributed by atoms with Gasteiger partial charge in [0.2, 0.25) is 0 Å². The molecule has 134 valence electrons. The molecule has 6 heteroatoms. The summed E-state index contributed by atoms with van der Waals surface area (Å²) in [4.78, 5) is 17.1. The van der Waals surface area contributed by atoms with Crippen molar-refractivity contribution in [3.8, 4) is 11.5 Å². The molecular formula is C20H20N2O3S. The van der Waals surface area contributed by atoms with Crippen LogP contribution in [-0.2, 0) is 13.0 Å². The molecule has 0 aliphatic carbocycles. The van der Waals surface area contributed by atoms with Crippen LogP contribution >= 0.6 is 11.3 Å². The van der Waals surface area contributed by atoms with Crippen LogP contribution in [0.2, 0.25) is 0 Å². The number of nitrogens with one attached hydrogen (secondary N) is 1. The molecule has 0 unspecified atom stereocenters. The van der Waals surface area contributed by atoms with Gasteiger partial charge in [0.15, 0.2) is 11.5 Å². The van der Waals surface area contributed by atoms with E-state index < -0.39 is 0 Å². The molecular weight excluding hydrogens is 348 g/mol. The Hall–Kier alpha value is -2.86. The monoisotopic (exact) mass is 368 g/mol.